The number of aryl methyl sites for hydroxylation is 1. The van der Waals surface area contributed by atoms with Crippen molar-refractivity contribution in [1.29, 1.82) is 0 Å². The van der Waals surface area contributed by atoms with Crippen molar-refractivity contribution < 1.29 is 0 Å². The van der Waals surface area contributed by atoms with Crippen molar-refractivity contribution in [2.45, 2.75) is 25.1 Å². The third-order valence-corrected chi connectivity index (χ3v) is 4.77. The summed E-state index contributed by atoms with van der Waals surface area (Å²) in [6.45, 7) is 3.98. The monoisotopic (exact) mass is 406 g/mol. The van der Waals surface area contributed by atoms with Crippen LogP contribution in [0.1, 0.15) is 29.6 Å². The van der Waals surface area contributed by atoms with Gasteiger partial charge < -0.3 is 0 Å². The van der Waals surface area contributed by atoms with Crippen LogP contribution in [0.5, 0.6) is 0 Å². The number of pyridine rings is 1. The van der Waals surface area contributed by atoms with Gasteiger partial charge in [-0.1, -0.05) is 28.9 Å². The standard InChI is InChI=1S/C12H12BrIN2O/c1-3-8(13)11-10(14)12(17)16-7(2)5-4-6-9(16)15-11/h4-6,8H,3H2,1-2H3. The molecule has 0 bridgehead atoms. The molecule has 90 valence electrons. The lowest BCUT2D eigenvalue weighted by Gasteiger charge is -2.11. The van der Waals surface area contributed by atoms with Crippen molar-refractivity contribution >= 4 is 44.2 Å². The normalized spacial score (nSPS) is 12.9. The molecule has 0 aromatic carbocycles. The molecular formula is C12H12BrIN2O. The maximum atomic E-state index is 12.3. The first-order chi connectivity index (χ1) is 8.06. The third kappa shape index (κ3) is 2.27. The second-order valence-corrected chi connectivity index (χ2v) is 6.04. The Morgan fingerprint density at radius 3 is 2.88 bits per heavy atom. The van der Waals surface area contributed by atoms with Crippen LogP contribution in [0, 0.1) is 10.5 Å². The topological polar surface area (TPSA) is 34.4 Å². The van der Waals surface area contributed by atoms with Crippen LogP contribution in [0.3, 0.4) is 0 Å². The quantitative estimate of drug-likeness (QED) is 0.565. The van der Waals surface area contributed by atoms with Gasteiger partial charge >= 0.3 is 0 Å². The van der Waals surface area contributed by atoms with E-state index in [0.29, 0.717) is 9.22 Å². The minimum absolute atomic E-state index is 0.0154. The summed E-state index contributed by atoms with van der Waals surface area (Å²) in [6.07, 6.45) is 0.907. The number of fused-ring (bicyclic) bond motifs is 1. The van der Waals surface area contributed by atoms with E-state index in [1.807, 2.05) is 25.1 Å². The van der Waals surface area contributed by atoms with Gasteiger partial charge in [0.15, 0.2) is 0 Å². The minimum Gasteiger partial charge on any atom is -0.268 e. The molecule has 0 spiro atoms. The first kappa shape index (κ1) is 13.0. The van der Waals surface area contributed by atoms with Crippen molar-refractivity contribution in [2.75, 3.05) is 0 Å². The van der Waals surface area contributed by atoms with Crippen molar-refractivity contribution in [3.05, 3.63) is 43.5 Å². The Kier molecular flexibility index (Phi) is 3.87. The Balaban J connectivity index is 2.85. The van der Waals surface area contributed by atoms with Gasteiger partial charge in [-0.25, -0.2) is 4.98 Å². The van der Waals surface area contributed by atoms with Gasteiger partial charge in [0.25, 0.3) is 5.56 Å². The van der Waals surface area contributed by atoms with Gasteiger partial charge in [0, 0.05) is 5.69 Å². The molecule has 2 rings (SSSR count). The van der Waals surface area contributed by atoms with Crippen molar-refractivity contribution in [1.82, 2.24) is 9.38 Å². The highest BCUT2D eigenvalue weighted by molar-refractivity contribution is 14.1. The van der Waals surface area contributed by atoms with Crippen LogP contribution in [0.2, 0.25) is 0 Å². The van der Waals surface area contributed by atoms with Gasteiger partial charge in [-0.2, -0.15) is 0 Å². The molecule has 5 heteroatoms. The lowest BCUT2D eigenvalue weighted by Crippen LogP contribution is -2.22. The highest BCUT2D eigenvalue weighted by Crippen LogP contribution is 2.27. The van der Waals surface area contributed by atoms with E-state index < -0.39 is 0 Å². The summed E-state index contributed by atoms with van der Waals surface area (Å²) in [5.41, 5.74) is 2.47. The predicted molar refractivity (Wildman–Crippen MR) is 80.9 cm³/mol. The minimum atomic E-state index is 0.0154. The molecule has 0 amide bonds. The van der Waals surface area contributed by atoms with Crippen molar-refractivity contribution in [3.63, 3.8) is 0 Å². The molecule has 0 fully saturated rings. The van der Waals surface area contributed by atoms with Crippen LogP contribution in [-0.4, -0.2) is 9.38 Å². The zero-order valence-corrected chi connectivity index (χ0v) is 13.3. The van der Waals surface area contributed by atoms with Crippen LogP contribution in [0.15, 0.2) is 23.0 Å². The fourth-order valence-corrected chi connectivity index (χ4v) is 3.23. The highest BCUT2D eigenvalue weighted by Gasteiger charge is 2.16. The van der Waals surface area contributed by atoms with Gasteiger partial charge in [-0.15, -0.1) is 0 Å². The molecule has 0 radical (unpaired) electrons. The van der Waals surface area contributed by atoms with Gasteiger partial charge in [-0.05, 0) is 48.1 Å². The van der Waals surface area contributed by atoms with Crippen LogP contribution >= 0.6 is 38.5 Å². The fraction of sp³-hybridized carbons (Fsp3) is 0.333. The number of halogens is 2. The van der Waals surface area contributed by atoms with Crippen molar-refractivity contribution in [2.24, 2.45) is 0 Å². The maximum Gasteiger partial charge on any atom is 0.271 e. The number of alkyl halides is 1. The molecule has 2 aromatic heterocycles. The average Bonchev–Trinajstić information content (AvgIpc) is 2.32. The van der Waals surface area contributed by atoms with E-state index >= 15 is 0 Å². The summed E-state index contributed by atoms with van der Waals surface area (Å²) in [7, 11) is 0. The second kappa shape index (κ2) is 5.06. The van der Waals surface area contributed by atoms with E-state index in [-0.39, 0.29) is 10.4 Å². The number of aromatic nitrogens is 2. The molecule has 0 N–H and O–H groups in total. The smallest absolute Gasteiger partial charge is 0.268 e. The summed E-state index contributed by atoms with van der Waals surface area (Å²) in [6, 6.07) is 5.70. The highest BCUT2D eigenvalue weighted by atomic mass is 127. The zero-order valence-electron chi connectivity index (χ0n) is 9.58. The van der Waals surface area contributed by atoms with E-state index in [0.717, 1.165) is 17.8 Å². The molecule has 2 aromatic rings. The van der Waals surface area contributed by atoms with Gasteiger partial charge in [-0.3, -0.25) is 9.20 Å². The average molecular weight is 407 g/mol. The molecule has 17 heavy (non-hydrogen) atoms. The van der Waals surface area contributed by atoms with E-state index in [4.69, 9.17) is 0 Å². The first-order valence-corrected chi connectivity index (χ1v) is 7.37. The Morgan fingerprint density at radius 2 is 2.24 bits per heavy atom. The third-order valence-electron chi connectivity index (χ3n) is 2.67. The Morgan fingerprint density at radius 1 is 1.53 bits per heavy atom. The van der Waals surface area contributed by atoms with Crippen LogP contribution in [0.4, 0.5) is 0 Å². The molecule has 0 aliphatic rings. The summed E-state index contributed by atoms with van der Waals surface area (Å²) < 4.78 is 2.35. The molecule has 0 saturated heterocycles. The van der Waals surface area contributed by atoms with Gasteiger partial charge in [0.1, 0.15) is 9.22 Å². The van der Waals surface area contributed by atoms with Gasteiger partial charge in [0.05, 0.1) is 10.5 Å². The first-order valence-electron chi connectivity index (χ1n) is 5.38. The maximum absolute atomic E-state index is 12.3. The lowest BCUT2D eigenvalue weighted by molar-refractivity contribution is 0.843. The van der Waals surface area contributed by atoms with E-state index in [1.54, 1.807) is 4.40 Å². The lowest BCUT2D eigenvalue weighted by atomic mass is 10.2. The predicted octanol–water partition coefficient (Wildman–Crippen LogP) is 3.45. The van der Waals surface area contributed by atoms with Crippen LogP contribution < -0.4 is 5.56 Å². The summed E-state index contributed by atoms with van der Waals surface area (Å²) in [5, 5.41) is 0. The largest absolute Gasteiger partial charge is 0.271 e. The van der Waals surface area contributed by atoms with Crippen LogP contribution in [0.25, 0.3) is 5.65 Å². The SMILES string of the molecule is CCC(Br)c1nc2cccc(C)n2c(=O)c1I. The Bertz CT molecular complexity index is 624. The van der Waals surface area contributed by atoms with E-state index in [1.165, 1.54) is 0 Å². The molecule has 0 aliphatic heterocycles. The summed E-state index contributed by atoms with van der Waals surface area (Å²) in [5.74, 6) is 0. The fourth-order valence-electron chi connectivity index (χ4n) is 1.74. The van der Waals surface area contributed by atoms with E-state index in [2.05, 4.69) is 50.4 Å². The zero-order chi connectivity index (χ0) is 12.6. The number of hydrogen-bond donors (Lipinski definition) is 0. The molecular weight excluding hydrogens is 395 g/mol. The molecule has 1 atom stereocenters. The number of rotatable bonds is 2. The Labute approximate surface area is 122 Å². The summed E-state index contributed by atoms with van der Waals surface area (Å²) in [4.78, 5) is 17.0. The van der Waals surface area contributed by atoms with E-state index in [9.17, 15) is 4.79 Å². The summed E-state index contributed by atoms with van der Waals surface area (Å²) >= 11 is 5.64. The molecule has 0 saturated carbocycles. The van der Waals surface area contributed by atoms with Crippen LogP contribution in [-0.2, 0) is 0 Å². The van der Waals surface area contributed by atoms with Crippen molar-refractivity contribution in [3.8, 4) is 0 Å². The number of nitrogens with zero attached hydrogens (tertiary/aromatic N) is 2. The molecule has 1 unspecified atom stereocenters. The number of hydrogen-bond acceptors (Lipinski definition) is 2. The molecule has 3 nitrogen and oxygen atoms in total. The molecule has 2 heterocycles. The molecule has 0 aliphatic carbocycles. The second-order valence-electron chi connectivity index (χ2n) is 3.85. The van der Waals surface area contributed by atoms with Gasteiger partial charge in [0.2, 0.25) is 0 Å². The Hall–Kier alpha value is -0.430.